The van der Waals surface area contributed by atoms with Gasteiger partial charge in [-0.3, -0.25) is 4.90 Å². The van der Waals surface area contributed by atoms with Gasteiger partial charge in [-0.2, -0.15) is 0 Å². The number of alkyl halides is 2. The molecule has 0 amide bonds. The fraction of sp³-hybridized carbons (Fsp3) is 0.375. The highest BCUT2D eigenvalue weighted by atomic mass is 19.3. The summed E-state index contributed by atoms with van der Waals surface area (Å²) in [6.07, 6.45) is 0.714. The Labute approximate surface area is 180 Å². The number of benzene rings is 2. The van der Waals surface area contributed by atoms with Gasteiger partial charge in [-0.15, -0.1) is 0 Å². The van der Waals surface area contributed by atoms with Crippen LogP contribution in [0, 0.1) is 0 Å². The lowest BCUT2D eigenvalue weighted by Gasteiger charge is -2.20. The van der Waals surface area contributed by atoms with Crippen molar-refractivity contribution in [2.45, 2.75) is 25.4 Å². The monoisotopic (exact) mass is 428 g/mol. The summed E-state index contributed by atoms with van der Waals surface area (Å²) >= 11 is 0. The summed E-state index contributed by atoms with van der Waals surface area (Å²) in [5.41, 5.74) is 1.90. The van der Waals surface area contributed by atoms with Gasteiger partial charge in [-0.05, 0) is 53.6 Å². The predicted molar refractivity (Wildman–Crippen MR) is 116 cm³/mol. The lowest BCUT2D eigenvalue weighted by Crippen LogP contribution is -2.35. The van der Waals surface area contributed by atoms with Crippen molar-refractivity contribution in [3.05, 3.63) is 54.7 Å². The molecule has 1 saturated heterocycles. The largest absolute Gasteiger partial charge is 0.491 e. The zero-order chi connectivity index (χ0) is 21.8. The molecule has 2 aromatic carbocycles. The van der Waals surface area contributed by atoms with Gasteiger partial charge in [0.2, 0.25) is 5.88 Å². The Hall–Kier alpha value is -2.77. The van der Waals surface area contributed by atoms with Crippen LogP contribution in [0.5, 0.6) is 11.6 Å². The highest BCUT2D eigenvalue weighted by molar-refractivity contribution is 5.89. The van der Waals surface area contributed by atoms with Crippen LogP contribution in [0.3, 0.4) is 0 Å². The maximum absolute atomic E-state index is 13.3. The number of nitrogens with zero attached hydrogens (tertiary/aromatic N) is 2. The zero-order valence-corrected chi connectivity index (χ0v) is 17.4. The van der Waals surface area contributed by atoms with Crippen LogP contribution in [0.4, 0.5) is 8.78 Å². The van der Waals surface area contributed by atoms with Gasteiger partial charge in [-0.1, -0.05) is 18.2 Å². The standard InChI is InChI=1S/C24H26F2N2O3/c1-2-30-23-22(4-3-10-27-23)18-6-5-17-7-8-21(13-19(17)12-18)31-15-20(29)14-28-11-9-24(25,26)16-28/h3-8,10,12-13,20,29H,2,9,11,14-16H2,1H3. The van der Waals surface area contributed by atoms with Crippen molar-refractivity contribution >= 4 is 10.8 Å². The smallest absolute Gasteiger partial charge is 0.261 e. The van der Waals surface area contributed by atoms with Gasteiger partial charge in [0.1, 0.15) is 18.5 Å². The number of β-amino-alcohol motifs (C(OH)–C–C–N with tert-alkyl or cyclic N) is 1. The molecule has 164 valence electrons. The number of rotatable bonds is 8. The number of pyridine rings is 1. The molecule has 0 radical (unpaired) electrons. The molecule has 0 aliphatic carbocycles. The van der Waals surface area contributed by atoms with E-state index in [1.165, 1.54) is 0 Å². The minimum atomic E-state index is -2.66. The number of fused-ring (bicyclic) bond motifs is 1. The molecule has 31 heavy (non-hydrogen) atoms. The van der Waals surface area contributed by atoms with Gasteiger partial charge in [-0.25, -0.2) is 13.8 Å². The van der Waals surface area contributed by atoms with E-state index in [2.05, 4.69) is 4.98 Å². The second kappa shape index (κ2) is 9.16. The number of likely N-dealkylation sites (tertiary alicyclic amines) is 1. The summed E-state index contributed by atoms with van der Waals surface area (Å²) in [5, 5.41) is 12.2. The molecule has 4 rings (SSSR count). The van der Waals surface area contributed by atoms with E-state index in [9.17, 15) is 13.9 Å². The number of aromatic nitrogens is 1. The number of aliphatic hydroxyl groups is 1. The minimum absolute atomic E-state index is 0.0460. The summed E-state index contributed by atoms with van der Waals surface area (Å²) in [6, 6.07) is 15.6. The van der Waals surface area contributed by atoms with Crippen LogP contribution in [-0.2, 0) is 0 Å². The van der Waals surface area contributed by atoms with Crippen molar-refractivity contribution in [1.82, 2.24) is 9.88 Å². The van der Waals surface area contributed by atoms with Crippen LogP contribution >= 0.6 is 0 Å². The number of hydrogen-bond donors (Lipinski definition) is 1. The predicted octanol–water partition coefficient (Wildman–Crippen LogP) is 4.38. The normalized spacial score (nSPS) is 17.0. The van der Waals surface area contributed by atoms with Crippen molar-refractivity contribution in [1.29, 1.82) is 0 Å². The fourth-order valence-electron chi connectivity index (χ4n) is 3.85. The van der Waals surface area contributed by atoms with E-state index in [-0.39, 0.29) is 26.1 Å². The molecule has 1 aliphatic heterocycles. The lowest BCUT2D eigenvalue weighted by atomic mass is 10.0. The molecule has 0 saturated carbocycles. The van der Waals surface area contributed by atoms with Gasteiger partial charge in [0, 0.05) is 31.3 Å². The van der Waals surface area contributed by atoms with E-state index in [1.807, 2.05) is 55.5 Å². The number of halogens is 2. The molecule has 0 spiro atoms. The molecule has 3 aromatic rings. The van der Waals surface area contributed by atoms with Crippen LogP contribution in [0.25, 0.3) is 21.9 Å². The topological polar surface area (TPSA) is 54.8 Å². The van der Waals surface area contributed by atoms with E-state index in [0.29, 0.717) is 24.8 Å². The van der Waals surface area contributed by atoms with Gasteiger partial charge in [0.25, 0.3) is 5.92 Å². The molecular formula is C24H26F2N2O3. The third kappa shape index (κ3) is 5.29. The van der Waals surface area contributed by atoms with Gasteiger partial charge < -0.3 is 14.6 Å². The van der Waals surface area contributed by atoms with Crippen LogP contribution in [-0.4, -0.2) is 59.9 Å². The second-order valence-corrected chi connectivity index (χ2v) is 7.82. The molecular weight excluding hydrogens is 402 g/mol. The van der Waals surface area contributed by atoms with Gasteiger partial charge in [0.15, 0.2) is 0 Å². The summed E-state index contributed by atoms with van der Waals surface area (Å²) in [5.74, 6) is -1.45. The third-order valence-electron chi connectivity index (χ3n) is 5.33. The van der Waals surface area contributed by atoms with E-state index in [1.54, 1.807) is 11.1 Å². The maximum Gasteiger partial charge on any atom is 0.261 e. The first kappa shape index (κ1) is 21.5. The van der Waals surface area contributed by atoms with E-state index >= 15 is 0 Å². The maximum atomic E-state index is 13.3. The zero-order valence-electron chi connectivity index (χ0n) is 17.4. The molecule has 1 N–H and O–H groups in total. The van der Waals surface area contributed by atoms with E-state index in [4.69, 9.17) is 9.47 Å². The Morgan fingerprint density at radius 3 is 2.74 bits per heavy atom. The minimum Gasteiger partial charge on any atom is -0.491 e. The molecule has 5 nitrogen and oxygen atoms in total. The Morgan fingerprint density at radius 1 is 1.13 bits per heavy atom. The quantitative estimate of drug-likeness (QED) is 0.577. The van der Waals surface area contributed by atoms with E-state index < -0.39 is 12.0 Å². The number of hydrogen-bond acceptors (Lipinski definition) is 5. The van der Waals surface area contributed by atoms with Crippen LogP contribution in [0.15, 0.2) is 54.7 Å². The van der Waals surface area contributed by atoms with Crippen LogP contribution in [0.1, 0.15) is 13.3 Å². The summed E-state index contributed by atoms with van der Waals surface area (Å²) < 4.78 is 38.0. The summed E-state index contributed by atoms with van der Waals surface area (Å²) in [7, 11) is 0. The number of aliphatic hydroxyl groups excluding tert-OH is 1. The van der Waals surface area contributed by atoms with Gasteiger partial charge in [0.05, 0.1) is 13.2 Å². The average molecular weight is 428 g/mol. The molecule has 1 atom stereocenters. The van der Waals surface area contributed by atoms with Crippen molar-refractivity contribution in [3.63, 3.8) is 0 Å². The molecule has 1 aromatic heterocycles. The molecule has 1 fully saturated rings. The highest BCUT2D eigenvalue weighted by Crippen LogP contribution is 2.32. The summed E-state index contributed by atoms with van der Waals surface area (Å²) in [4.78, 5) is 5.89. The highest BCUT2D eigenvalue weighted by Gasteiger charge is 2.38. The SMILES string of the molecule is CCOc1ncccc1-c1ccc2ccc(OCC(O)CN3CCC(F)(F)C3)cc2c1. The van der Waals surface area contributed by atoms with Crippen LogP contribution in [0.2, 0.25) is 0 Å². The Kier molecular flexibility index (Phi) is 6.34. The van der Waals surface area contributed by atoms with Crippen molar-refractivity contribution in [2.24, 2.45) is 0 Å². The first-order chi connectivity index (χ1) is 14.9. The molecule has 2 heterocycles. The fourth-order valence-corrected chi connectivity index (χ4v) is 3.85. The Balaban J connectivity index is 1.45. The lowest BCUT2D eigenvalue weighted by molar-refractivity contribution is 0.00461. The first-order valence-corrected chi connectivity index (χ1v) is 10.5. The van der Waals surface area contributed by atoms with Crippen molar-refractivity contribution in [3.8, 4) is 22.8 Å². The molecule has 1 unspecified atom stereocenters. The first-order valence-electron chi connectivity index (χ1n) is 10.5. The van der Waals surface area contributed by atoms with Crippen molar-refractivity contribution in [2.75, 3.05) is 32.8 Å². The molecule has 1 aliphatic rings. The average Bonchev–Trinajstić information content (AvgIpc) is 3.10. The van der Waals surface area contributed by atoms with E-state index in [0.717, 1.165) is 21.9 Å². The van der Waals surface area contributed by atoms with Gasteiger partial charge >= 0.3 is 0 Å². The number of ether oxygens (including phenoxy) is 2. The summed E-state index contributed by atoms with van der Waals surface area (Å²) in [6.45, 7) is 2.67. The third-order valence-corrected chi connectivity index (χ3v) is 5.33. The second-order valence-electron chi connectivity index (χ2n) is 7.82. The Bertz CT molecular complexity index is 1040. The molecule has 0 bridgehead atoms. The van der Waals surface area contributed by atoms with Crippen molar-refractivity contribution < 1.29 is 23.4 Å². The Morgan fingerprint density at radius 2 is 1.97 bits per heavy atom. The molecule has 7 heteroatoms. The van der Waals surface area contributed by atoms with Crippen LogP contribution < -0.4 is 9.47 Å².